The van der Waals surface area contributed by atoms with Gasteiger partial charge in [-0.05, 0) is 80.1 Å². The van der Waals surface area contributed by atoms with E-state index in [0.29, 0.717) is 12.5 Å². The number of nitrogens with zero attached hydrogens (tertiary/aromatic N) is 7. The summed E-state index contributed by atoms with van der Waals surface area (Å²) in [5, 5.41) is 6.77. The van der Waals surface area contributed by atoms with Crippen molar-refractivity contribution in [2.75, 3.05) is 41.3 Å². The number of rotatable bonds is 9. The first kappa shape index (κ1) is 38.0. The maximum absolute atomic E-state index is 13.3. The number of aromatic nitrogens is 3. The van der Waals surface area contributed by atoms with Crippen LogP contribution in [0.5, 0.6) is 0 Å². The highest BCUT2D eigenvalue weighted by Crippen LogP contribution is 2.33. The Bertz CT molecular complexity index is 2440. The zero-order chi connectivity index (χ0) is 40.6. The Morgan fingerprint density at radius 2 is 1.54 bits per heavy atom. The molecule has 1 unspecified atom stereocenters. The first-order valence-corrected chi connectivity index (χ1v) is 20.3. The van der Waals surface area contributed by atoms with Crippen molar-refractivity contribution >= 4 is 57.8 Å². The molecule has 59 heavy (non-hydrogen) atoms. The van der Waals surface area contributed by atoms with Gasteiger partial charge in [0.1, 0.15) is 6.04 Å². The maximum atomic E-state index is 13.3. The van der Waals surface area contributed by atoms with Gasteiger partial charge >= 0.3 is 0 Å². The van der Waals surface area contributed by atoms with Crippen LogP contribution in [0.3, 0.4) is 0 Å². The molecule has 0 radical (unpaired) electrons. The van der Waals surface area contributed by atoms with Crippen molar-refractivity contribution in [1.82, 2.24) is 30.1 Å². The van der Waals surface area contributed by atoms with Crippen LogP contribution in [0.4, 0.5) is 17.3 Å². The molecule has 3 aromatic carbocycles. The van der Waals surface area contributed by atoms with Gasteiger partial charge in [0.05, 0.1) is 22.3 Å². The third-order valence-corrected chi connectivity index (χ3v) is 12.1. The molecule has 2 aromatic heterocycles. The number of para-hydroxylation sites is 1. The molecule has 14 nitrogen and oxygen atoms in total. The number of benzene rings is 3. The number of fused-ring (bicyclic) bond motifs is 2. The van der Waals surface area contributed by atoms with E-state index in [4.69, 9.17) is 4.98 Å². The zero-order valence-electron chi connectivity index (χ0n) is 32.8. The normalized spacial score (nSPS) is 21.1. The second-order valence-electron chi connectivity index (χ2n) is 15.8. The number of pyridine rings is 1. The number of imide groups is 2. The van der Waals surface area contributed by atoms with E-state index in [0.717, 1.165) is 95.9 Å². The molecule has 5 amide bonds. The van der Waals surface area contributed by atoms with Crippen LogP contribution in [0.25, 0.3) is 22.0 Å². The number of piperazine rings is 1. The first-order chi connectivity index (χ1) is 28.7. The molecule has 4 aliphatic rings. The summed E-state index contributed by atoms with van der Waals surface area (Å²) in [6.07, 6.45) is 7.58. The fourth-order valence-corrected chi connectivity index (χ4v) is 8.90. The minimum Gasteiger partial charge on any atom is -0.369 e. The van der Waals surface area contributed by atoms with Crippen LogP contribution in [-0.4, -0.2) is 98.6 Å². The molecule has 9 rings (SSSR count). The van der Waals surface area contributed by atoms with Gasteiger partial charge in [-0.15, -0.1) is 0 Å². The summed E-state index contributed by atoms with van der Waals surface area (Å²) in [5.74, 6) is -1.33. The van der Waals surface area contributed by atoms with Crippen LogP contribution in [0.1, 0.15) is 71.9 Å². The quantitative estimate of drug-likeness (QED) is 0.189. The molecule has 1 atom stereocenters. The van der Waals surface area contributed by atoms with Crippen LogP contribution < -0.4 is 20.4 Å². The largest absolute Gasteiger partial charge is 0.369 e. The Balaban J connectivity index is 0.767. The molecule has 0 bridgehead atoms. The standard InChI is InChI=1S/C45H45N9O5/c1-28(55)53(35-14-10-32(11-15-35)48-45-47-26-31-4-2-3-5-39(31)49-45)34-12-7-29(8-13-34)30-6-9-33(46-25-30)27-51-20-22-52(23-21-51)36-16-17-37-38(24-36)44(59)54(43(37)58)40-18-19-41(56)50-42(40)57/h2-9,12-13,16-17,24-26,32,35,40H,10-11,14-15,18-23,27H2,1H3,(H,47,48,49)(H,50,56,57). The Labute approximate surface area is 341 Å². The smallest absolute Gasteiger partial charge is 0.262 e. The SMILES string of the molecule is CC(=O)N(c1ccc(-c2ccc(CN3CCN(c4ccc5c(c4)C(=O)N(C4CCC(=O)NC4=O)C5=O)CC3)nc2)cc1)C1CCC(Nc2ncc3ccccc3n2)CC1. The minimum atomic E-state index is -0.984. The number of anilines is 3. The van der Waals surface area contributed by atoms with Gasteiger partial charge in [0.2, 0.25) is 23.7 Å². The molecule has 300 valence electrons. The molecule has 2 saturated heterocycles. The average Bonchev–Trinajstić information content (AvgIpc) is 3.50. The molecular weight excluding hydrogens is 747 g/mol. The molecule has 1 saturated carbocycles. The van der Waals surface area contributed by atoms with E-state index < -0.39 is 29.7 Å². The summed E-state index contributed by atoms with van der Waals surface area (Å²) < 4.78 is 0. The number of carbonyl (C=O) groups is 5. The number of piperidine rings is 1. The molecule has 0 spiro atoms. The summed E-state index contributed by atoms with van der Waals surface area (Å²) in [6, 6.07) is 24.9. The van der Waals surface area contributed by atoms with E-state index in [2.05, 4.69) is 54.7 Å². The first-order valence-electron chi connectivity index (χ1n) is 20.3. The Morgan fingerprint density at radius 3 is 2.27 bits per heavy atom. The summed E-state index contributed by atoms with van der Waals surface area (Å²) in [4.78, 5) is 84.9. The van der Waals surface area contributed by atoms with E-state index >= 15 is 0 Å². The van der Waals surface area contributed by atoms with Crippen LogP contribution >= 0.6 is 0 Å². The molecule has 3 aliphatic heterocycles. The molecule has 3 fully saturated rings. The van der Waals surface area contributed by atoms with Crippen molar-refractivity contribution < 1.29 is 24.0 Å². The van der Waals surface area contributed by atoms with Crippen molar-refractivity contribution in [2.24, 2.45) is 0 Å². The predicted octanol–water partition coefficient (Wildman–Crippen LogP) is 5.19. The number of nitrogens with one attached hydrogen (secondary N) is 2. The van der Waals surface area contributed by atoms with Gasteiger partial charge in [0.15, 0.2) is 0 Å². The van der Waals surface area contributed by atoms with Crippen molar-refractivity contribution in [3.63, 3.8) is 0 Å². The van der Waals surface area contributed by atoms with Gasteiger partial charge in [0.25, 0.3) is 11.8 Å². The Morgan fingerprint density at radius 1 is 0.797 bits per heavy atom. The van der Waals surface area contributed by atoms with Crippen LogP contribution in [0.2, 0.25) is 0 Å². The number of amides is 5. The fraction of sp³-hybridized carbons (Fsp3) is 0.333. The predicted molar refractivity (Wildman–Crippen MR) is 223 cm³/mol. The fourth-order valence-electron chi connectivity index (χ4n) is 8.90. The van der Waals surface area contributed by atoms with E-state index in [-0.39, 0.29) is 42.0 Å². The number of carbonyl (C=O) groups excluding carboxylic acids is 5. The van der Waals surface area contributed by atoms with E-state index in [1.54, 1.807) is 19.1 Å². The molecular formula is C45H45N9O5. The molecule has 14 heteroatoms. The maximum Gasteiger partial charge on any atom is 0.262 e. The zero-order valence-corrected chi connectivity index (χ0v) is 32.8. The minimum absolute atomic E-state index is 0.0381. The highest BCUT2D eigenvalue weighted by atomic mass is 16.2. The van der Waals surface area contributed by atoms with Crippen LogP contribution in [0.15, 0.2) is 91.3 Å². The second kappa shape index (κ2) is 16.0. The van der Waals surface area contributed by atoms with Crippen LogP contribution in [-0.2, 0) is 20.9 Å². The van der Waals surface area contributed by atoms with Gasteiger partial charge in [0, 0.05) is 92.9 Å². The second-order valence-corrected chi connectivity index (χ2v) is 15.8. The number of hydrogen-bond donors (Lipinski definition) is 2. The topological polar surface area (TPSA) is 161 Å². The van der Waals surface area contributed by atoms with Gasteiger partial charge < -0.3 is 15.1 Å². The third-order valence-electron chi connectivity index (χ3n) is 12.1. The van der Waals surface area contributed by atoms with Crippen molar-refractivity contribution in [2.45, 2.75) is 70.1 Å². The van der Waals surface area contributed by atoms with E-state index in [1.165, 1.54) is 0 Å². The average molecular weight is 792 g/mol. The lowest BCUT2D eigenvalue weighted by Crippen LogP contribution is -2.54. The third kappa shape index (κ3) is 7.75. The van der Waals surface area contributed by atoms with Gasteiger partial charge in [-0.2, -0.15) is 0 Å². The summed E-state index contributed by atoms with van der Waals surface area (Å²) in [7, 11) is 0. The van der Waals surface area contributed by atoms with Gasteiger partial charge in [-0.25, -0.2) is 9.97 Å². The lowest BCUT2D eigenvalue weighted by Gasteiger charge is -2.36. The number of hydrogen-bond acceptors (Lipinski definition) is 11. The summed E-state index contributed by atoms with van der Waals surface area (Å²) in [6.45, 7) is 5.39. The highest BCUT2D eigenvalue weighted by molar-refractivity contribution is 6.23. The monoisotopic (exact) mass is 791 g/mol. The molecule has 5 aromatic rings. The molecule has 1 aliphatic carbocycles. The van der Waals surface area contributed by atoms with Crippen molar-refractivity contribution in [1.29, 1.82) is 0 Å². The Hall–Kier alpha value is -6.54. The summed E-state index contributed by atoms with van der Waals surface area (Å²) in [5.41, 5.74) is 6.23. The van der Waals surface area contributed by atoms with Crippen LogP contribution in [0, 0.1) is 0 Å². The van der Waals surface area contributed by atoms with Crippen molar-refractivity contribution in [3.8, 4) is 11.1 Å². The highest BCUT2D eigenvalue weighted by Gasteiger charge is 2.45. The Kier molecular flexibility index (Phi) is 10.3. The van der Waals surface area contributed by atoms with Gasteiger partial charge in [-0.3, -0.25) is 44.1 Å². The van der Waals surface area contributed by atoms with Gasteiger partial charge in [-0.1, -0.05) is 36.4 Å². The summed E-state index contributed by atoms with van der Waals surface area (Å²) >= 11 is 0. The molecule has 2 N–H and O–H groups in total. The lowest BCUT2D eigenvalue weighted by molar-refractivity contribution is -0.136. The molecule has 5 heterocycles. The van der Waals surface area contributed by atoms with E-state index in [9.17, 15) is 24.0 Å². The lowest BCUT2D eigenvalue weighted by atomic mass is 9.89. The van der Waals surface area contributed by atoms with Crippen molar-refractivity contribution in [3.05, 3.63) is 108 Å². The van der Waals surface area contributed by atoms with E-state index in [1.807, 2.05) is 59.8 Å².